The monoisotopic (exact) mass is 394 g/mol. The average molecular weight is 395 g/mol. The van der Waals surface area contributed by atoms with Crippen molar-refractivity contribution in [2.75, 3.05) is 38.7 Å². The lowest BCUT2D eigenvalue weighted by Gasteiger charge is -2.29. The smallest absolute Gasteiger partial charge is 0.243 e. The van der Waals surface area contributed by atoms with Crippen LogP contribution >= 0.6 is 11.6 Å². The molecule has 1 saturated heterocycles. The van der Waals surface area contributed by atoms with Crippen LogP contribution in [0.1, 0.15) is 12.0 Å². The molecule has 0 saturated carbocycles. The zero-order chi connectivity index (χ0) is 18.1. The standard InChI is InChI=1S/C15H23ClN2O4S2/c1-12-4-5-13(16)10-15(12)24(21,22)18(8-7-17(2)3)14-6-9-23(19,20)11-14/h4-5,10,14H,6-9,11H2,1-3H3/t14-/m0/s1. The summed E-state index contributed by atoms with van der Waals surface area (Å²) in [5.41, 5.74) is 0.593. The molecule has 24 heavy (non-hydrogen) atoms. The van der Waals surface area contributed by atoms with Gasteiger partial charge in [-0.05, 0) is 45.1 Å². The molecule has 0 unspecified atom stereocenters. The molecule has 0 radical (unpaired) electrons. The molecule has 0 amide bonds. The fourth-order valence-corrected chi connectivity index (χ4v) is 6.74. The minimum absolute atomic E-state index is 0.0280. The first-order chi connectivity index (χ1) is 11.0. The Morgan fingerprint density at radius 3 is 2.46 bits per heavy atom. The van der Waals surface area contributed by atoms with E-state index >= 15 is 0 Å². The molecule has 136 valence electrons. The third-order valence-electron chi connectivity index (χ3n) is 4.12. The maximum atomic E-state index is 13.2. The number of hydrogen-bond donors (Lipinski definition) is 0. The number of rotatable bonds is 6. The second-order valence-corrected chi connectivity index (χ2v) is 10.9. The van der Waals surface area contributed by atoms with Crippen molar-refractivity contribution in [1.82, 2.24) is 9.21 Å². The summed E-state index contributed by atoms with van der Waals surface area (Å²) in [6.07, 6.45) is 0.328. The molecule has 1 aliphatic rings. The van der Waals surface area contributed by atoms with Crippen LogP contribution in [0.5, 0.6) is 0 Å². The Morgan fingerprint density at radius 1 is 1.25 bits per heavy atom. The van der Waals surface area contributed by atoms with E-state index in [0.717, 1.165) is 0 Å². The van der Waals surface area contributed by atoms with Crippen LogP contribution in [0.15, 0.2) is 23.1 Å². The highest BCUT2D eigenvalue weighted by molar-refractivity contribution is 7.92. The molecule has 1 atom stereocenters. The summed E-state index contributed by atoms with van der Waals surface area (Å²) >= 11 is 5.97. The molecule has 9 heteroatoms. The Kier molecular flexibility index (Phi) is 5.97. The van der Waals surface area contributed by atoms with E-state index in [-0.39, 0.29) is 22.9 Å². The van der Waals surface area contributed by atoms with Crippen LogP contribution < -0.4 is 0 Å². The fraction of sp³-hybridized carbons (Fsp3) is 0.600. The zero-order valence-corrected chi connectivity index (χ0v) is 16.5. The van der Waals surface area contributed by atoms with Crippen LogP contribution in [-0.2, 0) is 19.9 Å². The van der Waals surface area contributed by atoms with Crippen LogP contribution in [0.4, 0.5) is 0 Å². The van der Waals surface area contributed by atoms with Gasteiger partial charge in [0.15, 0.2) is 9.84 Å². The number of nitrogens with zero attached hydrogens (tertiary/aromatic N) is 2. The number of sulfonamides is 1. The molecule has 1 aromatic rings. The van der Waals surface area contributed by atoms with Gasteiger partial charge in [-0.2, -0.15) is 4.31 Å². The molecule has 2 rings (SSSR count). The maximum absolute atomic E-state index is 13.2. The first-order valence-electron chi connectivity index (χ1n) is 7.66. The van der Waals surface area contributed by atoms with Gasteiger partial charge in [0.05, 0.1) is 16.4 Å². The largest absolute Gasteiger partial charge is 0.308 e. The molecule has 6 nitrogen and oxygen atoms in total. The van der Waals surface area contributed by atoms with Gasteiger partial charge in [0.2, 0.25) is 10.0 Å². The van der Waals surface area contributed by atoms with Gasteiger partial charge >= 0.3 is 0 Å². The van der Waals surface area contributed by atoms with E-state index in [0.29, 0.717) is 23.6 Å². The Labute approximate surface area is 149 Å². The van der Waals surface area contributed by atoms with Crippen molar-refractivity contribution in [3.8, 4) is 0 Å². The predicted molar refractivity (Wildman–Crippen MR) is 95.7 cm³/mol. The van der Waals surface area contributed by atoms with Gasteiger partial charge in [-0.25, -0.2) is 16.8 Å². The maximum Gasteiger partial charge on any atom is 0.243 e. The van der Waals surface area contributed by atoms with Crippen molar-refractivity contribution in [3.63, 3.8) is 0 Å². The lowest BCUT2D eigenvalue weighted by molar-refractivity contribution is 0.293. The Bertz CT molecular complexity index is 807. The molecular weight excluding hydrogens is 372 g/mol. The highest BCUT2D eigenvalue weighted by atomic mass is 35.5. The van der Waals surface area contributed by atoms with E-state index in [9.17, 15) is 16.8 Å². The molecule has 1 aromatic carbocycles. The van der Waals surface area contributed by atoms with E-state index < -0.39 is 25.9 Å². The van der Waals surface area contributed by atoms with E-state index in [1.807, 2.05) is 19.0 Å². The predicted octanol–water partition coefficient (Wildman–Crippen LogP) is 1.39. The number of aryl methyl sites for hydroxylation is 1. The summed E-state index contributed by atoms with van der Waals surface area (Å²) in [4.78, 5) is 2.01. The lowest BCUT2D eigenvalue weighted by Crippen LogP contribution is -2.44. The van der Waals surface area contributed by atoms with Gasteiger partial charge < -0.3 is 4.90 Å². The fourth-order valence-electron chi connectivity index (χ4n) is 2.78. The van der Waals surface area contributed by atoms with Crippen molar-refractivity contribution < 1.29 is 16.8 Å². The van der Waals surface area contributed by atoms with Gasteiger partial charge in [-0.3, -0.25) is 0 Å². The van der Waals surface area contributed by atoms with Crippen molar-refractivity contribution in [3.05, 3.63) is 28.8 Å². The SMILES string of the molecule is Cc1ccc(Cl)cc1S(=O)(=O)N(CCN(C)C)[C@H]1CCS(=O)(=O)C1. The zero-order valence-electron chi connectivity index (χ0n) is 14.1. The minimum Gasteiger partial charge on any atom is -0.308 e. The molecule has 1 heterocycles. The van der Waals surface area contributed by atoms with E-state index in [4.69, 9.17) is 11.6 Å². The first-order valence-corrected chi connectivity index (χ1v) is 11.3. The van der Waals surface area contributed by atoms with E-state index in [2.05, 4.69) is 0 Å². The number of sulfone groups is 1. The molecular formula is C15H23ClN2O4S2. The van der Waals surface area contributed by atoms with Crippen LogP contribution in [-0.4, -0.2) is 70.8 Å². The van der Waals surface area contributed by atoms with E-state index in [1.165, 1.54) is 10.4 Å². The summed E-state index contributed by atoms with van der Waals surface area (Å²) in [7, 11) is -3.32. The van der Waals surface area contributed by atoms with Crippen LogP contribution in [0.2, 0.25) is 5.02 Å². The quantitative estimate of drug-likeness (QED) is 0.728. The number of benzene rings is 1. The van der Waals surface area contributed by atoms with Gasteiger partial charge in [0.1, 0.15) is 0 Å². The topological polar surface area (TPSA) is 74.8 Å². The molecule has 1 fully saturated rings. The Balaban J connectivity index is 2.43. The minimum atomic E-state index is -3.83. The number of hydrogen-bond acceptors (Lipinski definition) is 5. The van der Waals surface area contributed by atoms with Crippen molar-refractivity contribution >= 4 is 31.5 Å². The van der Waals surface area contributed by atoms with Crippen molar-refractivity contribution in [1.29, 1.82) is 0 Å². The third-order valence-corrected chi connectivity index (χ3v) is 8.20. The van der Waals surface area contributed by atoms with Crippen molar-refractivity contribution in [2.24, 2.45) is 0 Å². The summed E-state index contributed by atoms with van der Waals surface area (Å²) in [6, 6.07) is 4.20. The van der Waals surface area contributed by atoms with Crippen LogP contribution in [0, 0.1) is 6.92 Å². The highest BCUT2D eigenvalue weighted by Gasteiger charge is 2.39. The molecule has 0 aliphatic carbocycles. The Hall–Kier alpha value is -0.670. The van der Waals surface area contributed by atoms with Gasteiger partial charge in [0.25, 0.3) is 0 Å². The van der Waals surface area contributed by atoms with E-state index in [1.54, 1.807) is 19.1 Å². The summed E-state index contributed by atoms with van der Waals surface area (Å²) < 4.78 is 51.3. The molecule has 0 spiro atoms. The average Bonchev–Trinajstić information content (AvgIpc) is 2.81. The number of halogens is 1. The normalized spacial score (nSPS) is 20.8. The second-order valence-electron chi connectivity index (χ2n) is 6.39. The van der Waals surface area contributed by atoms with Crippen molar-refractivity contribution in [2.45, 2.75) is 24.3 Å². The lowest BCUT2D eigenvalue weighted by atomic mass is 10.2. The molecule has 0 aromatic heterocycles. The third kappa shape index (κ3) is 4.49. The molecule has 1 aliphatic heterocycles. The first kappa shape index (κ1) is 19.7. The summed E-state index contributed by atoms with van der Waals surface area (Å²) in [6.45, 7) is 2.45. The summed E-state index contributed by atoms with van der Waals surface area (Å²) in [5, 5.41) is 0.339. The van der Waals surface area contributed by atoms with Gasteiger partial charge in [-0.15, -0.1) is 0 Å². The van der Waals surface area contributed by atoms with Crippen LogP contribution in [0.3, 0.4) is 0 Å². The Morgan fingerprint density at radius 2 is 1.92 bits per heavy atom. The number of likely N-dealkylation sites (N-methyl/N-ethyl adjacent to an activating group) is 1. The highest BCUT2D eigenvalue weighted by Crippen LogP contribution is 2.28. The van der Waals surface area contributed by atoms with Gasteiger partial charge in [-0.1, -0.05) is 17.7 Å². The molecule has 0 N–H and O–H groups in total. The summed E-state index contributed by atoms with van der Waals surface area (Å²) in [5.74, 6) is -0.0978. The second kappa shape index (κ2) is 7.29. The molecule has 0 bridgehead atoms. The van der Waals surface area contributed by atoms with Gasteiger partial charge in [0, 0.05) is 24.2 Å². The van der Waals surface area contributed by atoms with Crippen LogP contribution in [0.25, 0.3) is 0 Å².